The molecule has 0 spiro atoms. The van der Waals surface area contributed by atoms with E-state index in [1.54, 1.807) is 7.11 Å². The van der Waals surface area contributed by atoms with E-state index in [2.05, 4.69) is 60.1 Å². The number of quaternary nitrogens is 1. The van der Waals surface area contributed by atoms with Crippen LogP contribution in [-0.2, 0) is 4.84 Å². The molecule has 5 heteroatoms. The summed E-state index contributed by atoms with van der Waals surface area (Å²) in [6.07, 6.45) is 0. The number of hydrogen-bond donors (Lipinski definition) is 0. The lowest BCUT2D eigenvalue weighted by molar-refractivity contribution is -1.05. The summed E-state index contributed by atoms with van der Waals surface area (Å²) in [7, 11) is 0.00782. The van der Waals surface area contributed by atoms with Crippen LogP contribution in [0, 0.1) is 0 Å². The van der Waals surface area contributed by atoms with Crippen molar-refractivity contribution in [1.82, 2.24) is 4.67 Å². The van der Waals surface area contributed by atoms with Gasteiger partial charge in [-0.05, 0) is 55.4 Å². The summed E-state index contributed by atoms with van der Waals surface area (Å²) in [6.45, 7) is 16.6. The van der Waals surface area contributed by atoms with Crippen molar-refractivity contribution in [2.24, 2.45) is 0 Å². The smallest absolute Gasteiger partial charge is 0.142 e. The van der Waals surface area contributed by atoms with Crippen LogP contribution in [0.4, 0.5) is 0 Å². The fourth-order valence-electron chi connectivity index (χ4n) is 2.64. The van der Waals surface area contributed by atoms with E-state index in [0.29, 0.717) is 0 Å². The van der Waals surface area contributed by atoms with Crippen molar-refractivity contribution in [1.29, 1.82) is 0 Å². The molecule has 0 aromatic heterocycles. The molecule has 0 aliphatic carbocycles. The second-order valence-electron chi connectivity index (χ2n) is 5.86. The summed E-state index contributed by atoms with van der Waals surface area (Å²) in [6, 6.07) is 0.773. The number of hydrogen-bond acceptors (Lipinski definition) is 3. The fraction of sp³-hybridized carbons (Fsp3) is 1.00. The number of nitrogens with zero attached hydrogens (tertiary/aromatic N) is 2. The molecule has 1 unspecified atom stereocenters. The van der Waals surface area contributed by atoms with Gasteiger partial charge >= 0.3 is 0 Å². The number of hydroxylamine groups is 2. The van der Waals surface area contributed by atoms with Crippen LogP contribution in [0.3, 0.4) is 0 Å². The van der Waals surface area contributed by atoms with Gasteiger partial charge in [0, 0.05) is 12.1 Å². The van der Waals surface area contributed by atoms with Gasteiger partial charge in [0.1, 0.15) is 20.5 Å². The lowest BCUT2D eigenvalue weighted by atomic mass is 10.3. The Morgan fingerprint density at radius 2 is 1.22 bits per heavy atom. The molecule has 0 N–H and O–H groups in total. The molecule has 0 saturated carbocycles. The zero-order chi connectivity index (χ0) is 14.7. The van der Waals surface area contributed by atoms with Crippen LogP contribution in [0.1, 0.15) is 55.4 Å². The Hall–Kier alpha value is 0.270. The zero-order valence-electron chi connectivity index (χ0n) is 13.5. The zero-order valence-corrected chi connectivity index (χ0v) is 14.4. The van der Waals surface area contributed by atoms with Gasteiger partial charge in [-0.25, -0.2) is 9.51 Å². The normalized spacial score (nSPS) is 15.5. The summed E-state index contributed by atoms with van der Waals surface area (Å²) in [5, 5.41) is 0. The number of rotatable bonds is 7. The Labute approximate surface area is 114 Å². The van der Waals surface area contributed by atoms with Gasteiger partial charge in [-0.3, -0.25) is 0 Å². The molecule has 110 valence electrons. The first-order valence-corrected chi connectivity index (χ1v) is 7.99. The molecule has 0 aliphatic heterocycles. The maximum atomic E-state index is 13.1. The summed E-state index contributed by atoms with van der Waals surface area (Å²) in [4.78, 5) is 18.8. The minimum absolute atomic E-state index is 0.151. The van der Waals surface area contributed by atoms with Gasteiger partial charge in [0.05, 0.1) is 7.11 Å². The Morgan fingerprint density at radius 3 is 1.39 bits per heavy atom. The van der Waals surface area contributed by atoms with Crippen LogP contribution >= 0.6 is 8.45 Å². The molecular weight excluding hydrogens is 247 g/mol. The molecule has 1 atom stereocenters. The maximum absolute atomic E-state index is 13.1. The Morgan fingerprint density at radius 1 is 0.889 bits per heavy atom. The molecule has 0 fully saturated rings. The van der Waals surface area contributed by atoms with Crippen molar-refractivity contribution < 1.29 is 14.1 Å². The summed E-state index contributed by atoms with van der Waals surface area (Å²) < 4.78 is 2.24. The average Bonchev–Trinajstić information content (AvgIpc) is 2.16. The van der Waals surface area contributed by atoms with E-state index in [1.165, 1.54) is 0 Å². The van der Waals surface area contributed by atoms with Gasteiger partial charge in [-0.15, -0.1) is 0 Å². The van der Waals surface area contributed by atoms with E-state index in [-0.39, 0.29) is 28.6 Å². The van der Waals surface area contributed by atoms with E-state index in [4.69, 9.17) is 4.84 Å². The fourth-order valence-corrected chi connectivity index (χ4v) is 4.68. The summed E-state index contributed by atoms with van der Waals surface area (Å²) in [5.74, 6) is 0. The predicted octanol–water partition coefficient (Wildman–Crippen LogP) is 2.89. The molecule has 0 saturated heterocycles. The topological polar surface area (TPSA) is 35.5 Å². The van der Waals surface area contributed by atoms with E-state index >= 15 is 0 Å². The molecule has 18 heavy (non-hydrogen) atoms. The molecule has 0 bridgehead atoms. The van der Waals surface area contributed by atoms with Crippen molar-refractivity contribution in [3.63, 3.8) is 0 Å². The highest BCUT2D eigenvalue weighted by molar-refractivity contribution is 7.41. The summed E-state index contributed by atoms with van der Waals surface area (Å²) in [5.41, 5.74) is 0. The second kappa shape index (κ2) is 7.16. The van der Waals surface area contributed by atoms with Crippen LogP contribution in [0.25, 0.3) is 0 Å². The molecule has 4 nitrogen and oxygen atoms in total. The molecule has 0 aromatic carbocycles. The first-order chi connectivity index (χ1) is 8.12. The largest absolute Gasteiger partial charge is 0.767 e. The SMILES string of the molecule is CO[N+](C(C)C)(C(C)C)P([O-])N(C(C)C)C(C)C. The minimum atomic E-state index is -1.65. The lowest BCUT2D eigenvalue weighted by Crippen LogP contribution is -2.59. The van der Waals surface area contributed by atoms with Crippen molar-refractivity contribution >= 4 is 8.45 Å². The van der Waals surface area contributed by atoms with E-state index in [1.807, 2.05) is 0 Å². The quantitative estimate of drug-likeness (QED) is 0.530. The third-order valence-electron chi connectivity index (χ3n) is 3.30. The molecule has 0 amide bonds. The Kier molecular flexibility index (Phi) is 7.27. The lowest BCUT2D eigenvalue weighted by Gasteiger charge is -2.54. The second-order valence-corrected chi connectivity index (χ2v) is 7.46. The molecular formula is C13H31N2O2P. The van der Waals surface area contributed by atoms with Gasteiger partial charge in [-0.1, -0.05) is 0 Å². The molecule has 0 aromatic rings. The third kappa shape index (κ3) is 3.43. The van der Waals surface area contributed by atoms with Crippen LogP contribution in [0.15, 0.2) is 0 Å². The standard InChI is InChI=1S/C13H31N2O2P/c1-10(2)14(11(3)4)18(16)15(17-9,12(5)6)13(7)8/h10-13H,1-9H3. The highest BCUT2D eigenvalue weighted by Gasteiger charge is 2.44. The molecule has 0 rings (SSSR count). The molecule has 0 radical (unpaired) electrons. The van der Waals surface area contributed by atoms with Gasteiger partial charge in [0.25, 0.3) is 0 Å². The van der Waals surface area contributed by atoms with Gasteiger partial charge < -0.3 is 4.89 Å². The summed E-state index contributed by atoms with van der Waals surface area (Å²) >= 11 is 0. The van der Waals surface area contributed by atoms with Crippen molar-refractivity contribution in [2.75, 3.05) is 7.11 Å². The van der Waals surface area contributed by atoms with Crippen molar-refractivity contribution in [3.05, 3.63) is 0 Å². The first-order valence-electron chi connectivity index (χ1n) is 6.82. The van der Waals surface area contributed by atoms with E-state index in [9.17, 15) is 4.89 Å². The van der Waals surface area contributed by atoms with Crippen LogP contribution < -0.4 is 4.89 Å². The van der Waals surface area contributed by atoms with E-state index < -0.39 is 8.45 Å². The minimum Gasteiger partial charge on any atom is -0.767 e. The third-order valence-corrected chi connectivity index (χ3v) is 6.24. The monoisotopic (exact) mass is 278 g/mol. The predicted molar refractivity (Wildman–Crippen MR) is 76.6 cm³/mol. The van der Waals surface area contributed by atoms with E-state index in [0.717, 1.165) is 0 Å². The van der Waals surface area contributed by atoms with Crippen molar-refractivity contribution in [2.45, 2.75) is 79.6 Å². The van der Waals surface area contributed by atoms with Gasteiger partial charge in [0.15, 0.2) is 0 Å². The first kappa shape index (κ1) is 18.3. The van der Waals surface area contributed by atoms with Crippen LogP contribution in [0.2, 0.25) is 0 Å². The Bertz CT molecular complexity index is 229. The van der Waals surface area contributed by atoms with Gasteiger partial charge in [0.2, 0.25) is 0 Å². The van der Waals surface area contributed by atoms with Crippen molar-refractivity contribution in [3.8, 4) is 0 Å². The average molecular weight is 278 g/mol. The van der Waals surface area contributed by atoms with Crippen LogP contribution in [0.5, 0.6) is 0 Å². The molecule has 0 heterocycles. The maximum Gasteiger partial charge on any atom is 0.142 e. The Balaban J connectivity index is 5.48. The highest BCUT2D eigenvalue weighted by Crippen LogP contribution is 2.50. The highest BCUT2D eigenvalue weighted by atomic mass is 31.2. The molecule has 0 aliphatic rings. The van der Waals surface area contributed by atoms with Gasteiger partial charge in [-0.2, -0.15) is 4.42 Å². The van der Waals surface area contributed by atoms with Crippen LogP contribution in [-0.4, -0.2) is 40.4 Å².